The molecule has 0 aliphatic rings. The molecule has 3 aromatic carbocycles. The van der Waals surface area contributed by atoms with Gasteiger partial charge in [0.25, 0.3) is 5.91 Å². The number of benzene rings is 3. The number of hydrogen-bond donors (Lipinski definition) is 2. The molecule has 0 saturated heterocycles. The number of ether oxygens (including phenoxy) is 1. The fourth-order valence-electron chi connectivity index (χ4n) is 2.53. The maximum atomic E-state index is 12.1. The van der Waals surface area contributed by atoms with Gasteiger partial charge in [-0.2, -0.15) is 0 Å². The third-order valence-electron chi connectivity index (χ3n) is 3.99. The standard InChI is InChI=1S/C22H21ClN2O2/c1-16-6-10-20(11-7-16)25-22(26)15-27-21-5-3-2-4-17(21)14-24-19-12-8-18(23)9-13-19/h2-13,24H,14-15H2,1H3,(H,25,26). The van der Waals surface area contributed by atoms with E-state index in [-0.39, 0.29) is 12.5 Å². The molecule has 5 heteroatoms. The minimum atomic E-state index is -0.195. The van der Waals surface area contributed by atoms with Gasteiger partial charge in [-0.15, -0.1) is 0 Å². The van der Waals surface area contributed by atoms with Gasteiger partial charge in [-0.1, -0.05) is 47.5 Å². The number of hydrogen-bond acceptors (Lipinski definition) is 3. The van der Waals surface area contributed by atoms with Gasteiger partial charge in [0.15, 0.2) is 6.61 Å². The van der Waals surface area contributed by atoms with Crippen LogP contribution in [0.25, 0.3) is 0 Å². The molecule has 0 heterocycles. The lowest BCUT2D eigenvalue weighted by Crippen LogP contribution is -2.20. The van der Waals surface area contributed by atoms with Gasteiger partial charge < -0.3 is 15.4 Å². The van der Waals surface area contributed by atoms with Gasteiger partial charge >= 0.3 is 0 Å². The van der Waals surface area contributed by atoms with Crippen molar-refractivity contribution < 1.29 is 9.53 Å². The van der Waals surface area contributed by atoms with Crippen molar-refractivity contribution in [3.8, 4) is 5.75 Å². The number of carbonyl (C=O) groups excluding carboxylic acids is 1. The second-order valence-electron chi connectivity index (χ2n) is 6.17. The summed E-state index contributed by atoms with van der Waals surface area (Å²) in [6.45, 7) is 2.53. The summed E-state index contributed by atoms with van der Waals surface area (Å²) in [5.41, 5.74) is 3.83. The molecular weight excluding hydrogens is 360 g/mol. The van der Waals surface area contributed by atoms with Gasteiger partial charge in [0.05, 0.1) is 0 Å². The lowest BCUT2D eigenvalue weighted by molar-refractivity contribution is -0.118. The van der Waals surface area contributed by atoms with Crippen LogP contribution in [-0.4, -0.2) is 12.5 Å². The monoisotopic (exact) mass is 380 g/mol. The summed E-state index contributed by atoms with van der Waals surface area (Å²) in [4.78, 5) is 12.1. The molecule has 3 aromatic rings. The maximum Gasteiger partial charge on any atom is 0.262 e. The molecule has 0 radical (unpaired) electrons. The molecule has 1 amide bonds. The van der Waals surface area contributed by atoms with Crippen molar-refractivity contribution in [2.75, 3.05) is 17.2 Å². The van der Waals surface area contributed by atoms with E-state index >= 15 is 0 Å². The van der Waals surface area contributed by atoms with Crippen LogP contribution in [0, 0.1) is 6.92 Å². The molecule has 138 valence electrons. The maximum absolute atomic E-state index is 12.1. The second kappa shape index (κ2) is 9.10. The average Bonchev–Trinajstić information content (AvgIpc) is 2.68. The van der Waals surface area contributed by atoms with E-state index in [4.69, 9.17) is 16.3 Å². The normalized spacial score (nSPS) is 10.3. The minimum Gasteiger partial charge on any atom is -0.483 e. The van der Waals surface area contributed by atoms with Gasteiger partial charge in [-0.05, 0) is 49.4 Å². The zero-order chi connectivity index (χ0) is 19.1. The van der Waals surface area contributed by atoms with Crippen LogP contribution in [0.1, 0.15) is 11.1 Å². The van der Waals surface area contributed by atoms with E-state index in [0.717, 1.165) is 22.5 Å². The Kier molecular flexibility index (Phi) is 6.34. The summed E-state index contributed by atoms with van der Waals surface area (Å²) in [7, 11) is 0. The number of carbonyl (C=O) groups is 1. The zero-order valence-electron chi connectivity index (χ0n) is 15.0. The van der Waals surface area contributed by atoms with Gasteiger partial charge in [-0.3, -0.25) is 4.79 Å². The number of aryl methyl sites for hydroxylation is 1. The second-order valence-corrected chi connectivity index (χ2v) is 6.61. The molecule has 0 aromatic heterocycles. The van der Waals surface area contributed by atoms with E-state index in [1.54, 1.807) is 0 Å². The summed E-state index contributed by atoms with van der Waals surface area (Å²) >= 11 is 5.90. The van der Waals surface area contributed by atoms with Crippen LogP contribution in [0.4, 0.5) is 11.4 Å². The van der Waals surface area contributed by atoms with E-state index < -0.39 is 0 Å². The molecule has 0 spiro atoms. The summed E-state index contributed by atoms with van der Waals surface area (Å²) < 4.78 is 5.73. The Morgan fingerprint density at radius 3 is 2.33 bits per heavy atom. The molecule has 0 unspecified atom stereocenters. The van der Waals surface area contributed by atoms with Crippen LogP contribution in [-0.2, 0) is 11.3 Å². The average molecular weight is 381 g/mol. The van der Waals surface area contributed by atoms with Gasteiger partial charge in [0.1, 0.15) is 5.75 Å². The van der Waals surface area contributed by atoms with Crippen molar-refractivity contribution in [3.05, 3.63) is 88.9 Å². The molecule has 0 aliphatic heterocycles. The van der Waals surface area contributed by atoms with Crippen LogP contribution in [0.3, 0.4) is 0 Å². The Morgan fingerprint density at radius 2 is 1.59 bits per heavy atom. The van der Waals surface area contributed by atoms with E-state index in [2.05, 4.69) is 10.6 Å². The third-order valence-corrected chi connectivity index (χ3v) is 4.25. The number of para-hydroxylation sites is 1. The summed E-state index contributed by atoms with van der Waals surface area (Å²) in [5.74, 6) is 0.484. The summed E-state index contributed by atoms with van der Waals surface area (Å²) in [6, 6.07) is 22.8. The van der Waals surface area contributed by atoms with Crippen LogP contribution in [0.2, 0.25) is 5.02 Å². The van der Waals surface area contributed by atoms with Gasteiger partial charge in [0.2, 0.25) is 0 Å². The molecule has 3 rings (SSSR count). The minimum absolute atomic E-state index is 0.0498. The van der Waals surface area contributed by atoms with Gasteiger partial charge in [0, 0.05) is 28.5 Å². The SMILES string of the molecule is Cc1ccc(NC(=O)COc2ccccc2CNc2ccc(Cl)cc2)cc1. The third kappa shape index (κ3) is 5.76. The van der Waals surface area contributed by atoms with Crippen molar-refractivity contribution in [1.29, 1.82) is 0 Å². The van der Waals surface area contributed by atoms with E-state index in [9.17, 15) is 4.79 Å². The molecule has 27 heavy (non-hydrogen) atoms. The lowest BCUT2D eigenvalue weighted by Gasteiger charge is -2.13. The highest BCUT2D eigenvalue weighted by Gasteiger charge is 2.07. The van der Waals surface area contributed by atoms with Gasteiger partial charge in [-0.25, -0.2) is 0 Å². The van der Waals surface area contributed by atoms with E-state index in [1.807, 2.05) is 79.7 Å². The first kappa shape index (κ1) is 18.8. The highest BCUT2D eigenvalue weighted by Crippen LogP contribution is 2.20. The number of rotatable bonds is 7. The Morgan fingerprint density at radius 1 is 0.926 bits per heavy atom. The molecular formula is C22H21ClN2O2. The highest BCUT2D eigenvalue weighted by molar-refractivity contribution is 6.30. The van der Waals surface area contributed by atoms with Crippen molar-refractivity contribution in [1.82, 2.24) is 0 Å². The summed E-state index contributed by atoms with van der Waals surface area (Å²) in [5, 5.41) is 6.85. The van der Waals surface area contributed by atoms with Crippen molar-refractivity contribution >= 4 is 28.9 Å². The van der Waals surface area contributed by atoms with Crippen LogP contribution < -0.4 is 15.4 Å². The Hall–Kier alpha value is -2.98. The predicted octanol–water partition coefficient (Wildman–Crippen LogP) is 5.28. The number of halogens is 1. The van der Waals surface area contributed by atoms with Crippen LogP contribution in [0.5, 0.6) is 5.75 Å². The van der Waals surface area contributed by atoms with Crippen molar-refractivity contribution in [2.45, 2.75) is 13.5 Å². The number of anilines is 2. The molecule has 0 fully saturated rings. The highest BCUT2D eigenvalue weighted by atomic mass is 35.5. The molecule has 0 aliphatic carbocycles. The molecule has 0 atom stereocenters. The van der Waals surface area contributed by atoms with Crippen LogP contribution in [0.15, 0.2) is 72.8 Å². The molecule has 2 N–H and O–H groups in total. The quantitative estimate of drug-likeness (QED) is 0.586. The zero-order valence-corrected chi connectivity index (χ0v) is 15.8. The van der Waals surface area contributed by atoms with Crippen molar-refractivity contribution in [3.63, 3.8) is 0 Å². The fourth-order valence-corrected chi connectivity index (χ4v) is 2.66. The first-order chi connectivity index (χ1) is 13.1. The van der Waals surface area contributed by atoms with Crippen molar-refractivity contribution in [2.24, 2.45) is 0 Å². The first-order valence-electron chi connectivity index (χ1n) is 8.67. The first-order valence-corrected chi connectivity index (χ1v) is 9.04. The molecule has 0 saturated carbocycles. The smallest absolute Gasteiger partial charge is 0.262 e. The topological polar surface area (TPSA) is 50.4 Å². The van der Waals surface area contributed by atoms with E-state index in [0.29, 0.717) is 17.3 Å². The Labute approximate surface area is 164 Å². The Balaban J connectivity index is 1.56. The molecule has 0 bridgehead atoms. The lowest BCUT2D eigenvalue weighted by atomic mass is 10.2. The van der Waals surface area contributed by atoms with E-state index in [1.165, 1.54) is 0 Å². The number of amides is 1. The largest absolute Gasteiger partial charge is 0.483 e. The predicted molar refractivity (Wildman–Crippen MR) is 111 cm³/mol. The number of nitrogens with one attached hydrogen (secondary N) is 2. The molecule has 4 nitrogen and oxygen atoms in total. The fraction of sp³-hybridized carbons (Fsp3) is 0.136. The van der Waals surface area contributed by atoms with Crippen LogP contribution >= 0.6 is 11.6 Å². The Bertz CT molecular complexity index is 893. The summed E-state index contributed by atoms with van der Waals surface area (Å²) in [6.07, 6.45) is 0.